The Morgan fingerprint density at radius 3 is 2.39 bits per heavy atom. The highest BCUT2D eigenvalue weighted by Crippen LogP contribution is 2.31. The number of hydrogen-bond donors (Lipinski definition) is 0. The first-order valence-electron chi connectivity index (χ1n) is 11.0. The minimum Gasteiger partial charge on any atom is -0.379 e. The summed E-state index contributed by atoms with van der Waals surface area (Å²) in [5.74, 6) is 2.43. The van der Waals surface area contributed by atoms with Crippen LogP contribution in [0.2, 0.25) is 0 Å². The van der Waals surface area contributed by atoms with E-state index in [4.69, 9.17) is 19.2 Å². The smallest absolute Gasteiger partial charge is 0.162 e. The maximum absolute atomic E-state index is 5.52. The van der Waals surface area contributed by atoms with Crippen LogP contribution in [-0.2, 0) is 4.74 Å². The molecule has 2 saturated heterocycles. The summed E-state index contributed by atoms with van der Waals surface area (Å²) in [7, 11) is 0. The van der Waals surface area contributed by atoms with Crippen LogP contribution in [0.1, 0.15) is 24.3 Å². The van der Waals surface area contributed by atoms with Crippen LogP contribution in [0.15, 0.2) is 35.1 Å². The van der Waals surface area contributed by atoms with Gasteiger partial charge in [0.15, 0.2) is 5.82 Å². The van der Waals surface area contributed by atoms with Crippen LogP contribution in [0.5, 0.6) is 0 Å². The van der Waals surface area contributed by atoms with Crippen molar-refractivity contribution < 1.29 is 9.26 Å². The lowest BCUT2D eigenvalue weighted by molar-refractivity contribution is 0.0115. The van der Waals surface area contributed by atoms with E-state index in [1.54, 1.807) is 12.4 Å². The minimum absolute atomic E-state index is 0.628. The number of anilines is 1. The number of rotatable bonds is 4. The molecule has 3 aromatic heterocycles. The number of pyridine rings is 1. The van der Waals surface area contributed by atoms with Crippen molar-refractivity contribution >= 4 is 5.82 Å². The third kappa shape index (κ3) is 4.18. The molecule has 0 spiro atoms. The summed E-state index contributed by atoms with van der Waals surface area (Å²) in [6.07, 6.45) is 5.81. The van der Waals surface area contributed by atoms with Crippen LogP contribution in [-0.4, -0.2) is 70.4 Å². The largest absolute Gasteiger partial charge is 0.379 e. The second kappa shape index (κ2) is 8.72. The van der Waals surface area contributed by atoms with Gasteiger partial charge in [-0.25, -0.2) is 9.97 Å². The molecule has 0 unspecified atom stereocenters. The zero-order chi connectivity index (χ0) is 21.2. The molecule has 162 valence electrons. The zero-order valence-electron chi connectivity index (χ0n) is 18.1. The molecule has 5 rings (SSSR count). The zero-order valence-corrected chi connectivity index (χ0v) is 18.1. The van der Waals surface area contributed by atoms with Crippen molar-refractivity contribution in [1.29, 1.82) is 0 Å². The molecule has 0 radical (unpaired) electrons. The molecule has 0 aliphatic carbocycles. The van der Waals surface area contributed by atoms with Crippen molar-refractivity contribution in [2.24, 2.45) is 0 Å². The quantitative estimate of drug-likeness (QED) is 0.637. The number of ether oxygens (including phenoxy) is 1. The van der Waals surface area contributed by atoms with Crippen LogP contribution >= 0.6 is 0 Å². The molecule has 5 heterocycles. The van der Waals surface area contributed by atoms with Gasteiger partial charge in [-0.1, -0.05) is 5.16 Å². The van der Waals surface area contributed by atoms with Gasteiger partial charge >= 0.3 is 0 Å². The van der Waals surface area contributed by atoms with Crippen LogP contribution in [0, 0.1) is 13.8 Å². The van der Waals surface area contributed by atoms with Gasteiger partial charge in [0, 0.05) is 56.2 Å². The van der Waals surface area contributed by atoms with Crippen molar-refractivity contribution in [1.82, 2.24) is 25.0 Å². The fourth-order valence-electron chi connectivity index (χ4n) is 4.61. The maximum Gasteiger partial charge on any atom is 0.162 e. The normalized spacial score (nSPS) is 18.5. The standard InChI is InChI=1S/C23H28N6O2/c1-16-22(17(2)31-27-16)20-15-21(26-23(25-20)18-3-7-24-8-4-18)29-9-5-19(6-10-29)28-11-13-30-14-12-28/h3-4,7-8,15,19H,5-6,9-14H2,1-2H3. The minimum atomic E-state index is 0.628. The maximum atomic E-state index is 5.52. The molecule has 8 nitrogen and oxygen atoms in total. The van der Waals surface area contributed by atoms with Crippen molar-refractivity contribution in [3.63, 3.8) is 0 Å². The summed E-state index contributed by atoms with van der Waals surface area (Å²) in [6.45, 7) is 9.63. The van der Waals surface area contributed by atoms with Gasteiger partial charge in [0.1, 0.15) is 11.6 Å². The van der Waals surface area contributed by atoms with E-state index < -0.39 is 0 Å². The number of nitrogens with zero attached hydrogens (tertiary/aromatic N) is 6. The van der Waals surface area contributed by atoms with E-state index in [0.717, 1.165) is 86.3 Å². The lowest BCUT2D eigenvalue weighted by atomic mass is 10.0. The highest BCUT2D eigenvalue weighted by atomic mass is 16.5. The van der Waals surface area contributed by atoms with Gasteiger partial charge < -0.3 is 14.2 Å². The van der Waals surface area contributed by atoms with E-state index in [9.17, 15) is 0 Å². The topological polar surface area (TPSA) is 80.4 Å². The lowest BCUT2D eigenvalue weighted by Gasteiger charge is -2.40. The summed E-state index contributed by atoms with van der Waals surface area (Å²) < 4.78 is 10.9. The molecule has 0 N–H and O–H groups in total. The van der Waals surface area contributed by atoms with E-state index in [1.165, 1.54) is 0 Å². The van der Waals surface area contributed by atoms with Crippen molar-refractivity contribution in [2.75, 3.05) is 44.3 Å². The lowest BCUT2D eigenvalue weighted by Crippen LogP contribution is -2.49. The van der Waals surface area contributed by atoms with Gasteiger partial charge in [0.2, 0.25) is 0 Å². The van der Waals surface area contributed by atoms with Crippen LogP contribution < -0.4 is 4.90 Å². The van der Waals surface area contributed by atoms with Crippen molar-refractivity contribution in [3.05, 3.63) is 42.0 Å². The van der Waals surface area contributed by atoms with Crippen molar-refractivity contribution in [2.45, 2.75) is 32.7 Å². The Bertz CT molecular complexity index is 1000. The molecule has 8 heteroatoms. The van der Waals surface area contributed by atoms with Gasteiger partial charge in [-0.15, -0.1) is 0 Å². The number of aromatic nitrogens is 4. The number of aryl methyl sites for hydroxylation is 2. The third-order valence-corrected chi connectivity index (χ3v) is 6.29. The predicted molar refractivity (Wildman–Crippen MR) is 118 cm³/mol. The Morgan fingerprint density at radius 1 is 0.968 bits per heavy atom. The van der Waals surface area contributed by atoms with Gasteiger partial charge in [-0.3, -0.25) is 9.88 Å². The summed E-state index contributed by atoms with van der Waals surface area (Å²) in [5, 5.41) is 4.12. The first-order valence-corrected chi connectivity index (χ1v) is 11.0. The SMILES string of the molecule is Cc1noc(C)c1-c1cc(N2CCC(N3CCOCC3)CC2)nc(-c2ccncc2)n1. The van der Waals surface area contributed by atoms with Crippen LogP contribution in [0.25, 0.3) is 22.6 Å². The molecule has 0 bridgehead atoms. The number of hydrogen-bond acceptors (Lipinski definition) is 8. The Morgan fingerprint density at radius 2 is 1.71 bits per heavy atom. The average Bonchev–Trinajstić information content (AvgIpc) is 3.18. The molecule has 2 aliphatic heterocycles. The fourth-order valence-corrected chi connectivity index (χ4v) is 4.61. The molecule has 31 heavy (non-hydrogen) atoms. The average molecular weight is 421 g/mol. The van der Waals surface area contributed by atoms with E-state index >= 15 is 0 Å². The van der Waals surface area contributed by atoms with E-state index in [0.29, 0.717) is 11.9 Å². The Balaban J connectivity index is 1.45. The Hall–Kier alpha value is -2.84. The van der Waals surface area contributed by atoms with Gasteiger partial charge in [0.05, 0.1) is 30.2 Å². The highest BCUT2D eigenvalue weighted by Gasteiger charge is 2.27. The second-order valence-electron chi connectivity index (χ2n) is 8.24. The summed E-state index contributed by atoms with van der Waals surface area (Å²) >= 11 is 0. The molecular formula is C23H28N6O2. The summed E-state index contributed by atoms with van der Waals surface area (Å²) in [4.78, 5) is 18.9. The summed E-state index contributed by atoms with van der Waals surface area (Å²) in [6, 6.07) is 6.59. The van der Waals surface area contributed by atoms with E-state index in [1.807, 2.05) is 26.0 Å². The Kier molecular flexibility index (Phi) is 5.65. The van der Waals surface area contributed by atoms with E-state index in [2.05, 4.69) is 26.0 Å². The second-order valence-corrected chi connectivity index (χ2v) is 8.24. The Labute approximate surface area is 182 Å². The molecule has 0 saturated carbocycles. The molecule has 3 aromatic rings. The van der Waals surface area contributed by atoms with Crippen molar-refractivity contribution in [3.8, 4) is 22.6 Å². The van der Waals surface area contributed by atoms with Crippen LogP contribution in [0.3, 0.4) is 0 Å². The molecule has 2 fully saturated rings. The molecule has 0 atom stereocenters. The molecule has 2 aliphatic rings. The number of morpholine rings is 1. The van der Waals surface area contributed by atoms with Gasteiger partial charge in [-0.2, -0.15) is 0 Å². The van der Waals surface area contributed by atoms with Gasteiger partial charge in [0.25, 0.3) is 0 Å². The first-order chi connectivity index (χ1) is 15.2. The van der Waals surface area contributed by atoms with E-state index in [-0.39, 0.29) is 0 Å². The first kappa shape index (κ1) is 20.1. The molecule has 0 amide bonds. The monoisotopic (exact) mass is 420 g/mol. The predicted octanol–water partition coefficient (Wildman–Crippen LogP) is 3.11. The van der Waals surface area contributed by atoms with Gasteiger partial charge in [-0.05, 0) is 38.8 Å². The van der Waals surface area contributed by atoms with Crippen LogP contribution in [0.4, 0.5) is 5.82 Å². The molecule has 0 aromatic carbocycles. The number of piperidine rings is 1. The fraction of sp³-hybridized carbons (Fsp3) is 0.478. The summed E-state index contributed by atoms with van der Waals surface area (Å²) in [5.41, 5.74) is 3.59. The molecular weight excluding hydrogens is 392 g/mol. The highest BCUT2D eigenvalue weighted by molar-refractivity contribution is 5.70. The third-order valence-electron chi connectivity index (χ3n) is 6.29.